The molecular weight excluding hydrogens is 302 g/mol. The van der Waals surface area contributed by atoms with Gasteiger partial charge in [0.2, 0.25) is 0 Å². The molecule has 18 heavy (non-hydrogen) atoms. The van der Waals surface area contributed by atoms with Crippen LogP contribution in [0.1, 0.15) is 11.3 Å². The van der Waals surface area contributed by atoms with E-state index < -0.39 is 11.6 Å². The van der Waals surface area contributed by atoms with Crippen LogP contribution in [0.15, 0.2) is 41.0 Å². The number of nitrogens with one attached hydrogen (secondary N) is 1. The molecule has 1 aromatic carbocycles. The average molecular weight is 313 g/mol. The number of pyridine rings is 1. The van der Waals surface area contributed by atoms with Crippen molar-refractivity contribution in [3.05, 3.63) is 63.9 Å². The van der Waals surface area contributed by atoms with Gasteiger partial charge < -0.3 is 5.32 Å². The van der Waals surface area contributed by atoms with E-state index in [9.17, 15) is 8.78 Å². The van der Waals surface area contributed by atoms with Crippen LogP contribution in [0.5, 0.6) is 0 Å². The van der Waals surface area contributed by atoms with E-state index in [0.29, 0.717) is 18.7 Å². The molecule has 94 valence electrons. The lowest BCUT2D eigenvalue weighted by molar-refractivity contribution is 0.506. The van der Waals surface area contributed by atoms with Gasteiger partial charge >= 0.3 is 0 Å². The van der Waals surface area contributed by atoms with Crippen molar-refractivity contribution in [3.63, 3.8) is 0 Å². The summed E-state index contributed by atoms with van der Waals surface area (Å²) in [5, 5.41) is 3.12. The van der Waals surface area contributed by atoms with Crippen LogP contribution in [0, 0.1) is 11.6 Å². The smallest absolute Gasteiger partial charge is 0.159 e. The molecule has 0 atom stereocenters. The predicted molar refractivity (Wildman–Crippen MR) is 68.8 cm³/mol. The van der Waals surface area contributed by atoms with Crippen LogP contribution < -0.4 is 5.32 Å². The molecule has 0 unspecified atom stereocenters. The highest BCUT2D eigenvalue weighted by atomic mass is 79.9. The van der Waals surface area contributed by atoms with Gasteiger partial charge in [0.1, 0.15) is 0 Å². The minimum Gasteiger partial charge on any atom is -0.307 e. The molecule has 0 fully saturated rings. The first kappa shape index (κ1) is 13.1. The summed E-state index contributed by atoms with van der Waals surface area (Å²) < 4.78 is 26.6. The van der Waals surface area contributed by atoms with Gasteiger partial charge in [-0.05, 0) is 45.8 Å². The summed E-state index contributed by atoms with van der Waals surface area (Å²) in [7, 11) is 0. The van der Waals surface area contributed by atoms with E-state index in [4.69, 9.17) is 0 Å². The van der Waals surface area contributed by atoms with Crippen molar-refractivity contribution in [2.45, 2.75) is 13.1 Å². The topological polar surface area (TPSA) is 24.9 Å². The summed E-state index contributed by atoms with van der Waals surface area (Å²) in [5.41, 5.74) is 1.59. The number of hydrogen-bond acceptors (Lipinski definition) is 2. The van der Waals surface area contributed by atoms with E-state index >= 15 is 0 Å². The number of nitrogens with zero attached hydrogens (tertiary/aromatic N) is 1. The Kier molecular flexibility index (Phi) is 4.38. The summed E-state index contributed by atoms with van der Waals surface area (Å²) in [6.45, 7) is 1.04. The average Bonchev–Trinajstić information content (AvgIpc) is 2.36. The summed E-state index contributed by atoms with van der Waals surface area (Å²) in [5.74, 6) is -1.65. The molecule has 0 aliphatic rings. The summed E-state index contributed by atoms with van der Waals surface area (Å²) in [6, 6.07) is 7.67. The monoisotopic (exact) mass is 312 g/mol. The maximum atomic E-state index is 13.0. The van der Waals surface area contributed by atoms with Crippen LogP contribution in [0.4, 0.5) is 8.78 Å². The zero-order chi connectivity index (χ0) is 13.0. The van der Waals surface area contributed by atoms with Crippen molar-refractivity contribution in [1.82, 2.24) is 10.3 Å². The van der Waals surface area contributed by atoms with Crippen LogP contribution in [-0.2, 0) is 13.1 Å². The van der Waals surface area contributed by atoms with Gasteiger partial charge in [0.25, 0.3) is 0 Å². The fourth-order valence-electron chi connectivity index (χ4n) is 1.50. The van der Waals surface area contributed by atoms with Crippen molar-refractivity contribution in [2.75, 3.05) is 0 Å². The quantitative estimate of drug-likeness (QED) is 0.936. The molecule has 0 amide bonds. The minimum atomic E-state index is -0.826. The van der Waals surface area contributed by atoms with Gasteiger partial charge in [-0.15, -0.1) is 0 Å². The van der Waals surface area contributed by atoms with E-state index in [1.54, 1.807) is 12.3 Å². The maximum Gasteiger partial charge on any atom is 0.159 e. The first-order chi connectivity index (χ1) is 8.65. The molecule has 0 saturated heterocycles. The van der Waals surface area contributed by atoms with Crippen LogP contribution >= 0.6 is 15.9 Å². The van der Waals surface area contributed by atoms with Gasteiger partial charge in [-0.3, -0.25) is 4.98 Å². The summed E-state index contributed by atoms with van der Waals surface area (Å²) >= 11 is 3.30. The Morgan fingerprint density at radius 3 is 2.56 bits per heavy atom. The molecule has 1 N–H and O–H groups in total. The van der Waals surface area contributed by atoms with Crippen molar-refractivity contribution >= 4 is 15.9 Å². The number of hydrogen-bond donors (Lipinski definition) is 1. The lowest BCUT2D eigenvalue weighted by Gasteiger charge is -2.05. The van der Waals surface area contributed by atoms with Crippen LogP contribution in [0.2, 0.25) is 0 Å². The molecule has 0 bridgehead atoms. The van der Waals surface area contributed by atoms with Gasteiger partial charge in [-0.2, -0.15) is 0 Å². The van der Waals surface area contributed by atoms with E-state index in [0.717, 1.165) is 16.2 Å². The van der Waals surface area contributed by atoms with E-state index in [2.05, 4.69) is 26.2 Å². The predicted octanol–water partition coefficient (Wildman–Crippen LogP) is 3.41. The molecule has 2 aromatic rings. The normalized spacial score (nSPS) is 10.6. The number of rotatable bonds is 4. The Bertz CT molecular complexity index is 529. The molecule has 0 spiro atoms. The molecule has 1 aromatic heterocycles. The van der Waals surface area contributed by atoms with Crippen molar-refractivity contribution in [3.8, 4) is 0 Å². The van der Waals surface area contributed by atoms with Crippen LogP contribution in [-0.4, -0.2) is 4.98 Å². The third kappa shape index (κ3) is 3.58. The number of benzene rings is 1. The molecular formula is C13H11BrF2N2. The zero-order valence-electron chi connectivity index (χ0n) is 9.46. The van der Waals surface area contributed by atoms with Crippen LogP contribution in [0.25, 0.3) is 0 Å². The summed E-state index contributed by atoms with van der Waals surface area (Å²) in [6.07, 6.45) is 1.72. The molecule has 2 rings (SSSR count). The second-order valence-electron chi connectivity index (χ2n) is 3.82. The molecule has 0 saturated carbocycles. The second kappa shape index (κ2) is 6.02. The SMILES string of the molecule is Fc1ccc(CNCc2ccc(Br)cn2)cc1F. The van der Waals surface area contributed by atoms with E-state index in [1.165, 1.54) is 6.07 Å². The highest BCUT2D eigenvalue weighted by molar-refractivity contribution is 9.10. The molecule has 0 aliphatic heterocycles. The lowest BCUT2D eigenvalue weighted by atomic mass is 10.2. The van der Waals surface area contributed by atoms with Crippen molar-refractivity contribution in [1.29, 1.82) is 0 Å². The largest absolute Gasteiger partial charge is 0.307 e. The molecule has 0 aliphatic carbocycles. The minimum absolute atomic E-state index is 0.467. The Balaban J connectivity index is 1.88. The zero-order valence-corrected chi connectivity index (χ0v) is 11.0. The van der Waals surface area contributed by atoms with Gasteiger partial charge in [-0.1, -0.05) is 6.07 Å². The molecule has 2 nitrogen and oxygen atoms in total. The number of aromatic nitrogens is 1. The number of halogens is 3. The first-order valence-corrected chi connectivity index (χ1v) is 6.19. The molecule has 0 radical (unpaired) electrons. The van der Waals surface area contributed by atoms with Gasteiger partial charge in [-0.25, -0.2) is 8.78 Å². The van der Waals surface area contributed by atoms with E-state index in [-0.39, 0.29) is 0 Å². The third-order valence-electron chi connectivity index (χ3n) is 2.41. The molecule has 1 heterocycles. The first-order valence-electron chi connectivity index (χ1n) is 5.40. The Labute approximate surface area is 112 Å². The fraction of sp³-hybridized carbons (Fsp3) is 0.154. The standard InChI is InChI=1S/C13H11BrF2N2/c14-10-2-3-11(18-7-10)8-17-6-9-1-4-12(15)13(16)5-9/h1-5,7,17H,6,8H2. The maximum absolute atomic E-state index is 13.0. The Morgan fingerprint density at radius 2 is 1.89 bits per heavy atom. The second-order valence-corrected chi connectivity index (χ2v) is 4.74. The van der Waals surface area contributed by atoms with E-state index in [1.807, 2.05) is 12.1 Å². The van der Waals surface area contributed by atoms with Gasteiger partial charge in [0.15, 0.2) is 11.6 Å². The summed E-state index contributed by atoms with van der Waals surface area (Å²) in [4.78, 5) is 4.20. The van der Waals surface area contributed by atoms with Crippen molar-refractivity contribution in [2.24, 2.45) is 0 Å². The lowest BCUT2D eigenvalue weighted by Crippen LogP contribution is -2.13. The Morgan fingerprint density at radius 1 is 1.06 bits per heavy atom. The fourth-order valence-corrected chi connectivity index (χ4v) is 1.73. The van der Waals surface area contributed by atoms with Crippen molar-refractivity contribution < 1.29 is 8.78 Å². The third-order valence-corrected chi connectivity index (χ3v) is 2.88. The van der Waals surface area contributed by atoms with Gasteiger partial charge in [0.05, 0.1) is 5.69 Å². The van der Waals surface area contributed by atoms with Crippen LogP contribution in [0.3, 0.4) is 0 Å². The Hall–Kier alpha value is -1.33. The highest BCUT2D eigenvalue weighted by Gasteiger charge is 2.02. The molecule has 5 heteroatoms. The van der Waals surface area contributed by atoms with Gasteiger partial charge in [0, 0.05) is 23.8 Å². The highest BCUT2D eigenvalue weighted by Crippen LogP contribution is 2.09.